The number of carbonyl (C=O) groups excluding carboxylic acids is 1. The van der Waals surface area contributed by atoms with Crippen LogP contribution in [0.5, 0.6) is 11.8 Å². The van der Waals surface area contributed by atoms with Gasteiger partial charge in [0.2, 0.25) is 0 Å². The number of fused-ring (bicyclic) bond motifs is 3. The quantitative estimate of drug-likeness (QED) is 0.131. The number of alkyl halides is 1. The summed E-state index contributed by atoms with van der Waals surface area (Å²) in [5.41, 5.74) is -1.33. The Morgan fingerprint density at radius 3 is 2.67 bits per heavy atom. The number of nitriles is 1. The molecule has 14 heteroatoms. The number of hydrogen-bond acceptors (Lipinski definition) is 10. The fourth-order valence-electron chi connectivity index (χ4n) is 8.18. The molecule has 1 aromatic heterocycles. The number of carbonyl (C=O) groups is 1. The van der Waals surface area contributed by atoms with Crippen molar-refractivity contribution in [1.82, 2.24) is 19.8 Å². The molecule has 11 nitrogen and oxygen atoms in total. The molecule has 3 saturated heterocycles. The lowest BCUT2D eigenvalue weighted by Crippen LogP contribution is -2.56. The number of halogens is 3. The van der Waals surface area contributed by atoms with Crippen LogP contribution in [0.2, 0.25) is 0 Å². The first-order chi connectivity index (χ1) is 26.3. The van der Waals surface area contributed by atoms with Gasteiger partial charge < -0.3 is 28.7 Å². The van der Waals surface area contributed by atoms with Gasteiger partial charge in [-0.3, -0.25) is 4.90 Å². The Morgan fingerprint density at radius 1 is 1.11 bits per heavy atom. The van der Waals surface area contributed by atoms with Gasteiger partial charge in [0.1, 0.15) is 41.3 Å². The predicted molar refractivity (Wildman–Crippen MR) is 201 cm³/mol. The van der Waals surface area contributed by atoms with E-state index in [1.165, 1.54) is 24.1 Å². The molecule has 0 aliphatic carbocycles. The highest BCUT2D eigenvalue weighted by Gasteiger charge is 2.49. The summed E-state index contributed by atoms with van der Waals surface area (Å²) in [6.45, 7) is 6.77. The van der Waals surface area contributed by atoms with Gasteiger partial charge in [-0.2, -0.15) is 15.2 Å². The van der Waals surface area contributed by atoms with E-state index in [1.807, 2.05) is 0 Å². The smallest absolute Gasteiger partial charge is 0.410 e. The molecule has 3 atom stereocenters. The maximum atomic E-state index is 17.3. The monoisotopic (exact) mass is 756 g/mol. The molecule has 0 saturated carbocycles. The van der Waals surface area contributed by atoms with Crippen molar-refractivity contribution in [1.29, 1.82) is 5.26 Å². The highest BCUT2D eigenvalue weighted by Crippen LogP contribution is 2.43. The van der Waals surface area contributed by atoms with E-state index in [0.29, 0.717) is 35.1 Å². The van der Waals surface area contributed by atoms with Gasteiger partial charge in [0, 0.05) is 61.6 Å². The van der Waals surface area contributed by atoms with Gasteiger partial charge in [-0.1, -0.05) is 18.1 Å². The summed E-state index contributed by atoms with van der Waals surface area (Å²) in [6, 6.07) is 11.0. The Balaban J connectivity index is 1.37. The molecule has 0 bridgehead atoms. The third-order valence-corrected chi connectivity index (χ3v) is 10.5. The molecule has 1 unspecified atom stereocenters. The van der Waals surface area contributed by atoms with Crippen molar-refractivity contribution < 1.29 is 36.9 Å². The van der Waals surface area contributed by atoms with Crippen LogP contribution in [-0.4, -0.2) is 102 Å². The molecule has 3 aromatic carbocycles. The zero-order valence-electron chi connectivity index (χ0n) is 31.3. The van der Waals surface area contributed by atoms with Crippen molar-refractivity contribution in [3.8, 4) is 41.3 Å². The van der Waals surface area contributed by atoms with Gasteiger partial charge >= 0.3 is 12.1 Å². The molecule has 0 radical (unpaired) electrons. The summed E-state index contributed by atoms with van der Waals surface area (Å²) in [6.07, 6.45) is 6.21. The summed E-state index contributed by atoms with van der Waals surface area (Å²) in [5, 5.41) is 10.8. The Hall–Kier alpha value is -5.31. The van der Waals surface area contributed by atoms with Crippen LogP contribution in [0.25, 0.3) is 32.8 Å². The van der Waals surface area contributed by atoms with Gasteiger partial charge in [-0.05, 0) is 69.8 Å². The average molecular weight is 757 g/mol. The number of terminal acetylenes is 1. The van der Waals surface area contributed by atoms with Crippen LogP contribution in [0.15, 0.2) is 36.4 Å². The zero-order valence-corrected chi connectivity index (χ0v) is 31.3. The number of aromatic nitrogens is 2. The average Bonchev–Trinajstić information content (AvgIpc) is 3.67. The minimum atomic E-state index is -0.996. The number of rotatable bonds is 9. The minimum Gasteiger partial charge on any atom is -0.468 e. The normalized spacial score (nSPS) is 21.4. The lowest BCUT2D eigenvalue weighted by atomic mass is 9.93. The van der Waals surface area contributed by atoms with Crippen LogP contribution in [0.1, 0.15) is 52.0 Å². The second-order valence-corrected chi connectivity index (χ2v) is 15.3. The Bertz CT molecular complexity index is 2220. The van der Waals surface area contributed by atoms with E-state index in [2.05, 4.69) is 21.9 Å². The van der Waals surface area contributed by atoms with Crippen LogP contribution in [0, 0.1) is 35.3 Å². The fourth-order valence-corrected chi connectivity index (χ4v) is 8.18. The number of methoxy groups -OCH3 is 1. The second-order valence-electron chi connectivity index (χ2n) is 15.3. The van der Waals surface area contributed by atoms with Gasteiger partial charge in [0.05, 0.1) is 29.6 Å². The molecular weight excluding hydrogens is 713 g/mol. The minimum absolute atomic E-state index is 0.0240. The van der Waals surface area contributed by atoms with Gasteiger partial charge in [-0.25, -0.2) is 18.0 Å². The first kappa shape index (κ1) is 38.0. The summed E-state index contributed by atoms with van der Waals surface area (Å²) >= 11 is 0. The SMILES string of the molecule is C#Cc1cccc2cc(OCOC)cc(-c3c(F)cc4c(N5CCN(C(=O)OC(C)(C)C)[C@@H](CC#N)C5)nc(OCC56CCCN5C[C@H](F)C6)nc4c3F)c12. The van der Waals surface area contributed by atoms with Gasteiger partial charge in [-0.15, -0.1) is 6.42 Å². The summed E-state index contributed by atoms with van der Waals surface area (Å²) in [7, 11) is 1.46. The number of ether oxygens (including phenoxy) is 4. The number of nitrogens with zero attached hydrogens (tertiary/aromatic N) is 6. The van der Waals surface area contributed by atoms with E-state index in [4.69, 9.17) is 30.4 Å². The molecular formula is C41H43F3N6O5. The predicted octanol–water partition coefficient (Wildman–Crippen LogP) is 6.99. The molecule has 55 heavy (non-hydrogen) atoms. The standard InChI is InChI=1S/C41H43F3N6O5/c1-6-25-9-7-10-26-17-29(54-24-52-5)18-30(33(25)26)34-32(43)19-31-36(35(34)44)46-38(53-23-41-12-8-14-49(41)21-27(42)20-41)47-37(31)48-15-16-50(28(22-48)11-13-45)39(51)55-40(2,3)4/h1,7,9-10,17-19,27-28H,8,11-12,14-16,20-24H2,2-5H3/t27-,28+,41?/m1/s1. The van der Waals surface area contributed by atoms with Crippen LogP contribution in [0.3, 0.4) is 0 Å². The Kier molecular flexibility index (Phi) is 10.4. The summed E-state index contributed by atoms with van der Waals surface area (Å²) in [5.74, 6) is 1.22. The van der Waals surface area contributed by atoms with E-state index in [1.54, 1.807) is 49.9 Å². The fraction of sp³-hybridized carbons (Fsp3) is 0.463. The summed E-state index contributed by atoms with van der Waals surface area (Å²) < 4.78 is 71.4. The third-order valence-electron chi connectivity index (χ3n) is 10.5. The maximum absolute atomic E-state index is 17.3. The lowest BCUT2D eigenvalue weighted by molar-refractivity contribution is 0.0145. The van der Waals surface area contributed by atoms with E-state index in [0.717, 1.165) is 19.4 Å². The van der Waals surface area contributed by atoms with Crippen LogP contribution < -0.4 is 14.4 Å². The Labute approximate surface area is 317 Å². The number of anilines is 1. The highest BCUT2D eigenvalue weighted by atomic mass is 19.1. The van der Waals surface area contributed by atoms with E-state index in [-0.39, 0.29) is 73.3 Å². The Morgan fingerprint density at radius 2 is 1.93 bits per heavy atom. The summed E-state index contributed by atoms with van der Waals surface area (Å²) in [4.78, 5) is 27.8. The van der Waals surface area contributed by atoms with Crippen molar-refractivity contribution in [2.24, 2.45) is 0 Å². The molecule has 0 N–H and O–H groups in total. The zero-order chi connectivity index (χ0) is 39.1. The van der Waals surface area contributed by atoms with Gasteiger partial charge in [0.25, 0.3) is 0 Å². The van der Waals surface area contributed by atoms with Crippen LogP contribution in [-0.2, 0) is 9.47 Å². The van der Waals surface area contributed by atoms with Crippen molar-refractivity contribution in [3.63, 3.8) is 0 Å². The first-order valence-corrected chi connectivity index (χ1v) is 18.3. The molecule has 3 aliphatic heterocycles. The van der Waals surface area contributed by atoms with Crippen LogP contribution in [0.4, 0.5) is 23.8 Å². The maximum Gasteiger partial charge on any atom is 0.410 e. The molecule has 7 rings (SSSR count). The first-order valence-electron chi connectivity index (χ1n) is 18.3. The number of benzene rings is 3. The van der Waals surface area contributed by atoms with E-state index < -0.39 is 41.1 Å². The van der Waals surface area contributed by atoms with E-state index >= 15 is 8.78 Å². The molecule has 0 spiro atoms. The number of hydrogen-bond donors (Lipinski definition) is 0. The molecule has 288 valence electrons. The second kappa shape index (κ2) is 15.1. The van der Waals surface area contributed by atoms with E-state index in [9.17, 15) is 14.4 Å². The number of amides is 1. The van der Waals surface area contributed by atoms with Crippen molar-refractivity contribution in [2.75, 3.05) is 58.1 Å². The topological polar surface area (TPSA) is 113 Å². The van der Waals surface area contributed by atoms with Crippen molar-refractivity contribution in [3.05, 3.63) is 53.6 Å². The largest absolute Gasteiger partial charge is 0.468 e. The van der Waals surface area contributed by atoms with Gasteiger partial charge in [0.15, 0.2) is 12.6 Å². The van der Waals surface area contributed by atoms with Crippen LogP contribution >= 0.6 is 0 Å². The third kappa shape index (κ3) is 7.41. The molecule has 3 aliphatic rings. The van der Waals surface area contributed by atoms with Crippen molar-refractivity contribution in [2.45, 2.75) is 69.8 Å². The molecule has 1 amide bonds. The van der Waals surface area contributed by atoms with Crippen molar-refractivity contribution >= 4 is 33.6 Å². The molecule has 3 fully saturated rings. The molecule has 4 heterocycles. The lowest BCUT2D eigenvalue weighted by Gasteiger charge is -2.41. The molecule has 4 aromatic rings. The highest BCUT2D eigenvalue weighted by molar-refractivity contribution is 6.04. The number of piperazine rings is 1.